The third-order valence-corrected chi connectivity index (χ3v) is 7.75. The first-order valence-corrected chi connectivity index (χ1v) is 15.7. The van der Waals surface area contributed by atoms with E-state index in [1.165, 1.54) is 73.6 Å². The van der Waals surface area contributed by atoms with Gasteiger partial charge in [0.05, 0.1) is 34.2 Å². The van der Waals surface area contributed by atoms with Gasteiger partial charge in [0.1, 0.15) is 0 Å². The van der Waals surface area contributed by atoms with Crippen molar-refractivity contribution in [3.05, 3.63) is 88.2 Å². The zero-order valence-corrected chi connectivity index (χ0v) is 27.5. The Hall–Kier alpha value is -2.55. The number of hydrogen-bond donors (Lipinski definition) is 0. The molecule has 0 fully saturated rings. The van der Waals surface area contributed by atoms with Crippen molar-refractivity contribution in [3.8, 4) is 0 Å². The molecule has 0 saturated carbocycles. The number of aryl methyl sites for hydroxylation is 4. The Morgan fingerprint density at radius 1 is 0.512 bits per heavy atom. The predicted molar refractivity (Wildman–Crippen MR) is 175 cm³/mol. The van der Waals surface area contributed by atoms with Gasteiger partial charge >= 0.3 is 0 Å². The van der Waals surface area contributed by atoms with Crippen LogP contribution in [0.4, 0.5) is 11.4 Å². The molecule has 0 aliphatic rings. The van der Waals surface area contributed by atoms with Crippen LogP contribution in [0, 0.1) is 27.7 Å². The van der Waals surface area contributed by atoms with Crippen LogP contribution < -0.4 is 0 Å². The fraction of sp³-hybridized carbons (Fsp3) is 0.486. The number of pyridine rings is 1. The van der Waals surface area contributed by atoms with Crippen LogP contribution in [-0.4, -0.2) is 16.4 Å². The predicted octanol–water partition coefficient (Wildman–Crippen LogP) is 11.3. The molecule has 0 N–H and O–H groups in total. The van der Waals surface area contributed by atoms with Gasteiger partial charge in [-0.2, -0.15) is 0 Å². The number of unbranched alkanes of at least 4 members (excludes halogenated alkanes) is 8. The minimum atomic E-state index is 0. The summed E-state index contributed by atoms with van der Waals surface area (Å²) in [5.41, 5.74) is 11.2. The Morgan fingerprint density at radius 2 is 0.854 bits per heavy atom. The van der Waals surface area contributed by atoms with E-state index in [2.05, 4.69) is 96.1 Å². The number of aromatic nitrogens is 1. The molecule has 0 unspecified atom stereocenters. The van der Waals surface area contributed by atoms with E-state index in [9.17, 15) is 0 Å². The van der Waals surface area contributed by atoms with Gasteiger partial charge in [-0.1, -0.05) is 108 Å². The van der Waals surface area contributed by atoms with E-state index in [1.54, 1.807) is 0 Å². The fourth-order valence-corrected chi connectivity index (χ4v) is 5.26. The molecule has 0 saturated heterocycles. The van der Waals surface area contributed by atoms with Gasteiger partial charge in [0, 0.05) is 17.1 Å². The monoisotopic (exact) mass is 593 g/mol. The molecule has 0 spiro atoms. The molecule has 0 radical (unpaired) electrons. The third-order valence-electron chi connectivity index (χ3n) is 7.75. The molecule has 0 amide bonds. The molecule has 0 aliphatic carbocycles. The summed E-state index contributed by atoms with van der Waals surface area (Å²) in [5, 5.41) is 0. The van der Waals surface area contributed by atoms with Gasteiger partial charge in [0.2, 0.25) is 0 Å². The molecule has 0 bridgehead atoms. The summed E-state index contributed by atoms with van der Waals surface area (Å²) in [4.78, 5) is 15.8. The largest absolute Gasteiger partial charge is 0.251 e. The summed E-state index contributed by atoms with van der Waals surface area (Å²) in [6.07, 6.45) is 14.3. The Morgan fingerprint density at radius 3 is 1.22 bits per heavy atom. The van der Waals surface area contributed by atoms with Crippen molar-refractivity contribution in [3.63, 3.8) is 0 Å². The molecular weight excluding hydrogens is 542 g/mol. The smallest absolute Gasteiger partial charge is 0.0852 e. The van der Waals surface area contributed by atoms with E-state index in [4.69, 9.17) is 15.0 Å². The van der Waals surface area contributed by atoms with Crippen LogP contribution in [0.1, 0.15) is 125 Å². The second-order valence-electron chi connectivity index (χ2n) is 11.3. The van der Waals surface area contributed by atoms with Gasteiger partial charge in [0.25, 0.3) is 0 Å². The van der Waals surface area contributed by atoms with Gasteiger partial charge in [-0.3, -0.25) is 9.98 Å². The number of aliphatic imine (C=N–C) groups is 2. The van der Waals surface area contributed by atoms with E-state index in [0.717, 1.165) is 59.9 Å². The zero-order valence-electron chi connectivity index (χ0n) is 26.4. The van der Waals surface area contributed by atoms with Crippen LogP contribution in [0.15, 0.2) is 64.6 Å². The first kappa shape index (κ1) is 34.6. The van der Waals surface area contributed by atoms with Crippen molar-refractivity contribution in [2.75, 3.05) is 0 Å². The standard InChI is InChI=1S/C37H51N3.Fe/c1-7-9-11-13-15-24-34(39-36-28(3)20-17-21-29(36)4)32-26-19-27-33(38-32)35(25-16-14-12-10-8-2)40-37-30(5)22-18-23-31(37)6;/h17-23,26-27H,7-16,24-25H2,1-6H3;. The number of nitrogens with zero attached hydrogens (tertiary/aromatic N) is 3. The average molecular weight is 594 g/mol. The van der Waals surface area contributed by atoms with Gasteiger partial charge in [-0.15, -0.1) is 0 Å². The van der Waals surface area contributed by atoms with Crippen molar-refractivity contribution < 1.29 is 17.1 Å². The fourth-order valence-electron chi connectivity index (χ4n) is 5.26. The summed E-state index contributed by atoms with van der Waals surface area (Å²) in [5.74, 6) is 0. The molecule has 0 atom stereocenters. The Bertz CT molecular complexity index is 1140. The molecule has 222 valence electrons. The summed E-state index contributed by atoms with van der Waals surface area (Å²) in [6.45, 7) is 13.2. The van der Waals surface area contributed by atoms with Crippen molar-refractivity contribution >= 4 is 22.8 Å². The maximum Gasteiger partial charge on any atom is 0.0852 e. The SMILES string of the molecule is CCCCCCCC(=Nc1c(C)cccc1C)c1cccc(C(CCCCCCC)=Nc2c(C)cccc2C)n1.[Fe]. The van der Waals surface area contributed by atoms with Crippen LogP contribution in [-0.2, 0) is 17.1 Å². The maximum absolute atomic E-state index is 5.27. The molecule has 0 aliphatic heterocycles. The number of benzene rings is 2. The average Bonchev–Trinajstić information content (AvgIpc) is 2.94. The Labute approximate surface area is 260 Å². The quantitative estimate of drug-likeness (QED) is 0.0925. The minimum Gasteiger partial charge on any atom is -0.251 e. The third kappa shape index (κ3) is 11.0. The molecule has 3 rings (SSSR count). The van der Waals surface area contributed by atoms with E-state index < -0.39 is 0 Å². The van der Waals surface area contributed by atoms with E-state index in [-0.39, 0.29) is 17.1 Å². The van der Waals surface area contributed by atoms with E-state index in [0.29, 0.717) is 0 Å². The molecule has 4 heteroatoms. The van der Waals surface area contributed by atoms with Crippen LogP contribution in [0.5, 0.6) is 0 Å². The van der Waals surface area contributed by atoms with Crippen molar-refractivity contribution in [1.82, 2.24) is 4.98 Å². The van der Waals surface area contributed by atoms with Gasteiger partial charge < -0.3 is 0 Å². The molecular formula is C37H51FeN3. The topological polar surface area (TPSA) is 37.6 Å². The minimum absolute atomic E-state index is 0. The van der Waals surface area contributed by atoms with Crippen LogP contribution in [0.25, 0.3) is 0 Å². The normalized spacial score (nSPS) is 12.0. The van der Waals surface area contributed by atoms with Crippen molar-refractivity contribution in [1.29, 1.82) is 0 Å². The molecule has 3 aromatic rings. The van der Waals surface area contributed by atoms with Crippen LogP contribution in [0.3, 0.4) is 0 Å². The summed E-state index contributed by atoms with van der Waals surface area (Å²) < 4.78 is 0. The first-order valence-electron chi connectivity index (χ1n) is 15.7. The van der Waals surface area contributed by atoms with Gasteiger partial charge in [-0.05, 0) is 87.8 Å². The van der Waals surface area contributed by atoms with Crippen molar-refractivity contribution in [2.24, 2.45) is 9.98 Å². The van der Waals surface area contributed by atoms with Gasteiger partial charge in [-0.25, -0.2) is 4.98 Å². The number of hydrogen-bond acceptors (Lipinski definition) is 3. The van der Waals surface area contributed by atoms with Crippen LogP contribution >= 0.6 is 0 Å². The first-order chi connectivity index (χ1) is 19.4. The van der Waals surface area contributed by atoms with E-state index in [1.807, 2.05) is 0 Å². The summed E-state index contributed by atoms with van der Waals surface area (Å²) in [6, 6.07) is 19.3. The molecule has 3 nitrogen and oxygen atoms in total. The molecule has 1 heterocycles. The van der Waals surface area contributed by atoms with Crippen molar-refractivity contribution in [2.45, 2.75) is 119 Å². The number of rotatable bonds is 16. The summed E-state index contributed by atoms with van der Waals surface area (Å²) in [7, 11) is 0. The molecule has 2 aromatic carbocycles. The molecule has 1 aromatic heterocycles. The van der Waals surface area contributed by atoms with E-state index >= 15 is 0 Å². The Balaban J connectivity index is 0.00000588. The second-order valence-corrected chi connectivity index (χ2v) is 11.3. The van der Waals surface area contributed by atoms with Crippen LogP contribution in [0.2, 0.25) is 0 Å². The van der Waals surface area contributed by atoms with Gasteiger partial charge in [0.15, 0.2) is 0 Å². The maximum atomic E-state index is 5.27. The second kappa shape index (κ2) is 18.8. The number of para-hydroxylation sites is 2. The zero-order chi connectivity index (χ0) is 28.7. The molecule has 41 heavy (non-hydrogen) atoms. The Kier molecular flexibility index (Phi) is 15.9. The summed E-state index contributed by atoms with van der Waals surface area (Å²) >= 11 is 0.